The number of fused-ring (bicyclic) bond motifs is 1. The third-order valence-corrected chi connectivity index (χ3v) is 4.09. The summed E-state index contributed by atoms with van der Waals surface area (Å²) in [4.78, 5) is 13.9. The van der Waals surface area contributed by atoms with Crippen LogP contribution >= 0.6 is 0 Å². The number of hydrogen-bond acceptors (Lipinski definition) is 2. The van der Waals surface area contributed by atoms with Gasteiger partial charge in [-0.05, 0) is 31.6 Å². The van der Waals surface area contributed by atoms with Crippen LogP contribution in [0, 0.1) is 35.0 Å². The minimum Gasteiger partial charge on any atom is -0.344 e. The summed E-state index contributed by atoms with van der Waals surface area (Å²) in [5, 5.41) is 8.74. The van der Waals surface area contributed by atoms with E-state index in [4.69, 9.17) is 5.26 Å². The molecule has 3 atom stereocenters. The Morgan fingerprint density at radius 3 is 2.50 bits per heavy atom. The molecule has 2 fully saturated rings. The number of nitriles is 1. The van der Waals surface area contributed by atoms with E-state index in [1.165, 1.54) is 25.7 Å². The van der Waals surface area contributed by atoms with E-state index in [2.05, 4.69) is 6.07 Å². The van der Waals surface area contributed by atoms with Crippen molar-refractivity contribution in [3.8, 4) is 6.07 Å². The lowest BCUT2D eigenvalue weighted by Gasteiger charge is -2.18. The number of rotatable bonds is 3. The van der Waals surface area contributed by atoms with Gasteiger partial charge in [0.15, 0.2) is 0 Å². The molecular formula is C13H20N2O. The first-order chi connectivity index (χ1) is 7.65. The Hall–Kier alpha value is -1.04. The summed E-state index contributed by atoms with van der Waals surface area (Å²) in [6.07, 6.45) is 5.07. The summed E-state index contributed by atoms with van der Waals surface area (Å²) in [5.41, 5.74) is 0. The van der Waals surface area contributed by atoms with Crippen molar-refractivity contribution < 1.29 is 4.79 Å². The van der Waals surface area contributed by atoms with Crippen LogP contribution in [0.4, 0.5) is 0 Å². The van der Waals surface area contributed by atoms with Crippen LogP contribution in [0.1, 0.15) is 32.6 Å². The second kappa shape index (κ2) is 4.45. The Bertz CT molecular complexity index is 308. The van der Waals surface area contributed by atoms with Crippen molar-refractivity contribution >= 4 is 5.91 Å². The highest BCUT2D eigenvalue weighted by molar-refractivity contribution is 5.82. The van der Waals surface area contributed by atoms with Gasteiger partial charge in [-0.3, -0.25) is 4.79 Å². The Labute approximate surface area is 97.4 Å². The molecule has 0 aromatic carbocycles. The zero-order chi connectivity index (χ0) is 11.7. The minimum atomic E-state index is -0.0604. The lowest BCUT2D eigenvalue weighted by Crippen LogP contribution is -2.32. The molecule has 3 heteroatoms. The van der Waals surface area contributed by atoms with Crippen LogP contribution in [0.3, 0.4) is 0 Å². The van der Waals surface area contributed by atoms with Crippen molar-refractivity contribution in [2.75, 3.05) is 13.6 Å². The fourth-order valence-corrected chi connectivity index (χ4v) is 3.15. The molecule has 0 saturated heterocycles. The first kappa shape index (κ1) is 11.4. The van der Waals surface area contributed by atoms with Gasteiger partial charge < -0.3 is 4.90 Å². The first-order valence-electron chi connectivity index (χ1n) is 6.29. The number of carbonyl (C=O) groups is 1. The predicted octanol–water partition coefficient (Wildman–Crippen LogP) is 2.04. The van der Waals surface area contributed by atoms with Gasteiger partial charge in [-0.15, -0.1) is 0 Å². The average molecular weight is 220 g/mol. The van der Waals surface area contributed by atoms with Gasteiger partial charge in [-0.25, -0.2) is 0 Å². The molecular weight excluding hydrogens is 200 g/mol. The van der Waals surface area contributed by atoms with E-state index in [1.807, 2.05) is 14.0 Å². The van der Waals surface area contributed by atoms with E-state index in [9.17, 15) is 4.79 Å². The highest BCUT2D eigenvalue weighted by Gasteiger charge is 2.55. The normalized spacial score (nSPS) is 33.4. The number of amides is 1. The number of carbonyl (C=O) groups excluding carboxylic acids is 1. The van der Waals surface area contributed by atoms with Crippen LogP contribution in [-0.2, 0) is 4.79 Å². The molecule has 2 aliphatic carbocycles. The molecule has 3 unspecified atom stereocenters. The standard InChI is InChI=1S/C13H20N2O/c1-9(7-14)8-15(2)13(16)12-10-5-3-4-6-11(10)12/h9-12H,3-6,8H2,1-2H3. The van der Waals surface area contributed by atoms with Crippen LogP contribution in [0.15, 0.2) is 0 Å². The van der Waals surface area contributed by atoms with Gasteiger partial charge in [-0.2, -0.15) is 5.26 Å². The minimum absolute atomic E-state index is 0.0604. The van der Waals surface area contributed by atoms with Crippen LogP contribution in [-0.4, -0.2) is 24.4 Å². The smallest absolute Gasteiger partial charge is 0.226 e. The summed E-state index contributed by atoms with van der Waals surface area (Å²) in [5.74, 6) is 1.84. The molecule has 16 heavy (non-hydrogen) atoms. The van der Waals surface area contributed by atoms with E-state index < -0.39 is 0 Å². The second-order valence-electron chi connectivity index (χ2n) is 5.39. The van der Waals surface area contributed by atoms with Crippen LogP contribution in [0.2, 0.25) is 0 Å². The first-order valence-corrected chi connectivity index (χ1v) is 6.29. The van der Waals surface area contributed by atoms with Gasteiger partial charge in [0.05, 0.1) is 12.0 Å². The van der Waals surface area contributed by atoms with E-state index >= 15 is 0 Å². The van der Waals surface area contributed by atoms with Gasteiger partial charge in [0.2, 0.25) is 5.91 Å². The predicted molar refractivity (Wildman–Crippen MR) is 61.4 cm³/mol. The number of hydrogen-bond donors (Lipinski definition) is 0. The van der Waals surface area contributed by atoms with Crippen molar-refractivity contribution in [1.82, 2.24) is 4.90 Å². The largest absolute Gasteiger partial charge is 0.344 e. The Kier molecular flexibility index (Phi) is 3.18. The fraction of sp³-hybridized carbons (Fsp3) is 0.846. The molecule has 0 spiro atoms. The average Bonchev–Trinajstić information content (AvgIpc) is 3.01. The summed E-state index contributed by atoms with van der Waals surface area (Å²) in [7, 11) is 1.83. The third-order valence-electron chi connectivity index (χ3n) is 4.09. The molecule has 0 radical (unpaired) electrons. The molecule has 1 amide bonds. The highest BCUT2D eigenvalue weighted by atomic mass is 16.2. The molecule has 2 rings (SSSR count). The SMILES string of the molecule is CC(C#N)CN(C)C(=O)C1C2CCCCC21. The molecule has 0 aromatic rings. The quantitative estimate of drug-likeness (QED) is 0.730. The maximum Gasteiger partial charge on any atom is 0.226 e. The Balaban J connectivity index is 1.86. The van der Waals surface area contributed by atoms with Crippen molar-refractivity contribution in [1.29, 1.82) is 5.26 Å². The van der Waals surface area contributed by atoms with Gasteiger partial charge >= 0.3 is 0 Å². The molecule has 0 N–H and O–H groups in total. The maximum absolute atomic E-state index is 12.1. The zero-order valence-corrected chi connectivity index (χ0v) is 10.1. The maximum atomic E-state index is 12.1. The van der Waals surface area contributed by atoms with Crippen molar-refractivity contribution in [3.63, 3.8) is 0 Å². The van der Waals surface area contributed by atoms with Crippen molar-refractivity contribution in [3.05, 3.63) is 0 Å². The van der Waals surface area contributed by atoms with E-state index in [0.717, 1.165) is 0 Å². The van der Waals surface area contributed by atoms with Crippen LogP contribution in [0.25, 0.3) is 0 Å². The zero-order valence-electron chi connectivity index (χ0n) is 10.1. The second-order valence-corrected chi connectivity index (χ2v) is 5.39. The van der Waals surface area contributed by atoms with Crippen molar-refractivity contribution in [2.45, 2.75) is 32.6 Å². The van der Waals surface area contributed by atoms with E-state index in [-0.39, 0.29) is 11.8 Å². The molecule has 0 aliphatic heterocycles. The summed E-state index contributed by atoms with van der Waals surface area (Å²) in [6, 6.07) is 2.18. The van der Waals surface area contributed by atoms with Gasteiger partial charge in [0, 0.05) is 19.5 Å². The molecule has 3 nitrogen and oxygen atoms in total. The van der Waals surface area contributed by atoms with E-state index in [0.29, 0.717) is 24.3 Å². The summed E-state index contributed by atoms with van der Waals surface area (Å²) >= 11 is 0. The molecule has 0 bridgehead atoms. The molecule has 0 aromatic heterocycles. The molecule has 2 saturated carbocycles. The Morgan fingerprint density at radius 1 is 1.44 bits per heavy atom. The summed E-state index contributed by atoms with van der Waals surface area (Å²) < 4.78 is 0. The lowest BCUT2D eigenvalue weighted by molar-refractivity contribution is -0.132. The van der Waals surface area contributed by atoms with E-state index in [1.54, 1.807) is 4.90 Å². The monoisotopic (exact) mass is 220 g/mol. The van der Waals surface area contributed by atoms with Gasteiger partial charge in [-0.1, -0.05) is 12.8 Å². The fourth-order valence-electron chi connectivity index (χ4n) is 3.15. The van der Waals surface area contributed by atoms with Gasteiger partial charge in [0.1, 0.15) is 0 Å². The van der Waals surface area contributed by atoms with Gasteiger partial charge in [0.25, 0.3) is 0 Å². The lowest BCUT2D eigenvalue weighted by atomic mass is 10.0. The molecule has 0 heterocycles. The summed E-state index contributed by atoms with van der Waals surface area (Å²) in [6.45, 7) is 2.44. The van der Waals surface area contributed by atoms with Crippen LogP contribution in [0.5, 0.6) is 0 Å². The Morgan fingerprint density at radius 2 is 2.00 bits per heavy atom. The van der Waals surface area contributed by atoms with Crippen molar-refractivity contribution in [2.24, 2.45) is 23.7 Å². The topological polar surface area (TPSA) is 44.1 Å². The third kappa shape index (κ3) is 2.07. The highest BCUT2D eigenvalue weighted by Crippen LogP contribution is 2.55. The molecule has 88 valence electrons. The number of nitrogens with zero attached hydrogens (tertiary/aromatic N) is 2. The molecule has 2 aliphatic rings. The van der Waals surface area contributed by atoms with Crippen LogP contribution < -0.4 is 0 Å².